The molecule has 1 heterocycles. The Balaban J connectivity index is 1.63. The number of carbonyl (C=O) groups excluding carboxylic acids is 1. The van der Waals surface area contributed by atoms with E-state index in [-0.39, 0.29) is 22.4 Å². The summed E-state index contributed by atoms with van der Waals surface area (Å²) in [5.41, 5.74) is 2.20. The Hall–Kier alpha value is -2.84. The van der Waals surface area contributed by atoms with Gasteiger partial charge in [-0.25, -0.2) is 4.98 Å². The first-order valence-electron chi connectivity index (χ1n) is 7.89. The molecule has 1 aromatic heterocycles. The first-order chi connectivity index (χ1) is 13.0. The van der Waals surface area contributed by atoms with E-state index in [1.165, 1.54) is 30.0 Å². The molecule has 1 amide bonds. The second kappa shape index (κ2) is 8.24. The highest BCUT2D eigenvalue weighted by Gasteiger charge is 2.14. The van der Waals surface area contributed by atoms with Crippen molar-refractivity contribution in [1.29, 1.82) is 0 Å². The van der Waals surface area contributed by atoms with Gasteiger partial charge < -0.3 is 9.88 Å². The Kier molecular flexibility index (Phi) is 5.78. The zero-order valence-corrected chi connectivity index (χ0v) is 15.8. The first kappa shape index (κ1) is 18.9. The summed E-state index contributed by atoms with van der Waals surface area (Å²) in [5, 5.41) is 14.2. The largest absolute Gasteiger partial charge is 0.324 e. The van der Waals surface area contributed by atoms with E-state index in [4.69, 9.17) is 11.6 Å². The van der Waals surface area contributed by atoms with Gasteiger partial charge in [-0.15, -0.1) is 0 Å². The lowest BCUT2D eigenvalue weighted by Crippen LogP contribution is -2.14. The molecule has 0 aliphatic heterocycles. The van der Waals surface area contributed by atoms with Gasteiger partial charge >= 0.3 is 0 Å². The molecule has 2 aromatic carbocycles. The number of hydrogen-bond donors (Lipinski definition) is 1. The molecule has 0 saturated heterocycles. The van der Waals surface area contributed by atoms with Crippen molar-refractivity contribution in [3.8, 4) is 11.3 Å². The van der Waals surface area contributed by atoms with Crippen molar-refractivity contribution in [2.75, 3.05) is 11.1 Å². The monoisotopic (exact) mass is 402 g/mol. The summed E-state index contributed by atoms with van der Waals surface area (Å²) in [4.78, 5) is 26.7. The number of amides is 1. The fraction of sp³-hybridized carbons (Fsp3) is 0.111. The Morgan fingerprint density at radius 2 is 2.04 bits per heavy atom. The molecule has 0 fully saturated rings. The quantitative estimate of drug-likeness (QED) is 0.375. The van der Waals surface area contributed by atoms with Crippen LogP contribution < -0.4 is 5.32 Å². The third-order valence-corrected chi connectivity index (χ3v) is 5.14. The van der Waals surface area contributed by atoms with Crippen LogP contribution in [0.4, 0.5) is 11.4 Å². The molecule has 138 valence electrons. The average Bonchev–Trinajstić information content (AvgIpc) is 3.03. The zero-order valence-electron chi connectivity index (χ0n) is 14.3. The van der Waals surface area contributed by atoms with E-state index in [1.807, 2.05) is 41.9 Å². The molecule has 0 unspecified atom stereocenters. The summed E-state index contributed by atoms with van der Waals surface area (Å²) >= 11 is 7.28. The fourth-order valence-electron chi connectivity index (χ4n) is 2.44. The van der Waals surface area contributed by atoms with Gasteiger partial charge in [0.2, 0.25) is 5.91 Å². The molecule has 0 spiro atoms. The molecule has 9 heteroatoms. The number of nitro groups is 1. The van der Waals surface area contributed by atoms with E-state index >= 15 is 0 Å². The summed E-state index contributed by atoms with van der Waals surface area (Å²) in [5.74, 6) is -0.146. The van der Waals surface area contributed by atoms with Crippen molar-refractivity contribution in [1.82, 2.24) is 9.55 Å². The normalized spacial score (nSPS) is 10.6. The van der Waals surface area contributed by atoms with E-state index in [2.05, 4.69) is 10.3 Å². The lowest BCUT2D eigenvalue weighted by Gasteiger charge is -2.08. The number of rotatable bonds is 6. The Morgan fingerprint density at radius 1 is 1.30 bits per heavy atom. The van der Waals surface area contributed by atoms with Crippen molar-refractivity contribution in [3.63, 3.8) is 0 Å². The lowest BCUT2D eigenvalue weighted by molar-refractivity contribution is -0.384. The standard InChI is InChI=1S/C18H15ClN4O3S/c1-22-16(12-5-3-2-4-6-12)10-20-18(22)27-11-17(24)21-15-8-7-13(23(25)26)9-14(15)19/h2-10H,11H2,1H3,(H,21,24). The number of nitro benzene ring substituents is 1. The number of benzene rings is 2. The molecule has 3 aromatic rings. The average molecular weight is 403 g/mol. The van der Waals surface area contributed by atoms with Crippen LogP contribution in [0.5, 0.6) is 0 Å². The van der Waals surface area contributed by atoms with Crippen LogP contribution in [0, 0.1) is 10.1 Å². The van der Waals surface area contributed by atoms with E-state index in [1.54, 1.807) is 6.20 Å². The Morgan fingerprint density at radius 3 is 2.70 bits per heavy atom. The van der Waals surface area contributed by atoms with Crippen LogP contribution in [0.25, 0.3) is 11.3 Å². The lowest BCUT2D eigenvalue weighted by atomic mass is 10.2. The minimum Gasteiger partial charge on any atom is -0.324 e. The topological polar surface area (TPSA) is 90.1 Å². The molecule has 0 aliphatic rings. The molecular weight excluding hydrogens is 388 g/mol. The number of thioether (sulfide) groups is 1. The summed E-state index contributed by atoms with van der Waals surface area (Å²) < 4.78 is 1.92. The van der Waals surface area contributed by atoms with Crippen LogP contribution in [-0.4, -0.2) is 26.1 Å². The Bertz CT molecular complexity index is 992. The van der Waals surface area contributed by atoms with Crippen molar-refractivity contribution in [2.45, 2.75) is 5.16 Å². The van der Waals surface area contributed by atoms with E-state index in [0.29, 0.717) is 10.8 Å². The molecule has 27 heavy (non-hydrogen) atoms. The van der Waals surface area contributed by atoms with Gasteiger partial charge in [0, 0.05) is 19.2 Å². The maximum Gasteiger partial charge on any atom is 0.271 e. The van der Waals surface area contributed by atoms with E-state index in [9.17, 15) is 14.9 Å². The van der Waals surface area contributed by atoms with E-state index < -0.39 is 4.92 Å². The Labute approximate surface area is 164 Å². The third kappa shape index (κ3) is 4.47. The molecule has 7 nitrogen and oxygen atoms in total. The molecule has 3 rings (SSSR count). The predicted octanol–water partition coefficient (Wildman–Crippen LogP) is 4.38. The highest BCUT2D eigenvalue weighted by molar-refractivity contribution is 7.99. The summed E-state index contributed by atoms with van der Waals surface area (Å²) in [6.45, 7) is 0. The number of carbonyl (C=O) groups is 1. The summed E-state index contributed by atoms with van der Waals surface area (Å²) in [6.07, 6.45) is 1.77. The minimum absolute atomic E-state index is 0.117. The van der Waals surface area contributed by atoms with Crippen LogP contribution in [0.2, 0.25) is 5.02 Å². The first-order valence-corrected chi connectivity index (χ1v) is 9.26. The SMILES string of the molecule is Cn1c(-c2ccccc2)cnc1SCC(=O)Nc1ccc([N+](=O)[O-])cc1Cl. The van der Waals surface area contributed by atoms with Crippen LogP contribution >= 0.6 is 23.4 Å². The summed E-state index contributed by atoms with van der Waals surface area (Å²) in [7, 11) is 1.89. The highest BCUT2D eigenvalue weighted by atomic mass is 35.5. The van der Waals surface area contributed by atoms with Crippen molar-refractivity contribution in [2.24, 2.45) is 7.05 Å². The number of nitrogens with zero attached hydrogens (tertiary/aromatic N) is 3. The molecule has 0 saturated carbocycles. The summed E-state index contributed by atoms with van der Waals surface area (Å²) in [6, 6.07) is 13.8. The second-order valence-corrected chi connectivity index (χ2v) is 6.96. The van der Waals surface area contributed by atoms with Gasteiger partial charge in [0.25, 0.3) is 5.69 Å². The van der Waals surface area contributed by atoms with Gasteiger partial charge in [0.1, 0.15) is 0 Å². The third-order valence-electron chi connectivity index (χ3n) is 3.79. The predicted molar refractivity (Wildman–Crippen MR) is 106 cm³/mol. The van der Waals surface area contributed by atoms with Crippen LogP contribution in [0.1, 0.15) is 0 Å². The van der Waals surface area contributed by atoms with Crippen LogP contribution in [-0.2, 0) is 11.8 Å². The van der Waals surface area contributed by atoms with Crippen molar-refractivity contribution >= 4 is 40.6 Å². The van der Waals surface area contributed by atoms with Gasteiger partial charge in [0.15, 0.2) is 5.16 Å². The van der Waals surface area contributed by atoms with Gasteiger partial charge in [-0.05, 0) is 11.6 Å². The van der Waals surface area contributed by atoms with Crippen LogP contribution in [0.15, 0.2) is 59.9 Å². The van der Waals surface area contributed by atoms with Crippen molar-refractivity contribution < 1.29 is 9.72 Å². The number of nitrogens with one attached hydrogen (secondary N) is 1. The molecule has 0 atom stereocenters. The van der Waals surface area contributed by atoms with Gasteiger partial charge in [-0.3, -0.25) is 14.9 Å². The zero-order chi connectivity index (χ0) is 19.4. The molecule has 0 radical (unpaired) electrons. The number of imidazole rings is 1. The molecular formula is C18H15ClN4O3S. The second-order valence-electron chi connectivity index (χ2n) is 5.61. The van der Waals surface area contributed by atoms with Gasteiger partial charge in [-0.2, -0.15) is 0 Å². The highest BCUT2D eigenvalue weighted by Crippen LogP contribution is 2.28. The van der Waals surface area contributed by atoms with Gasteiger partial charge in [0.05, 0.1) is 33.3 Å². The maximum absolute atomic E-state index is 12.2. The number of non-ortho nitro benzene ring substituents is 1. The molecule has 0 bridgehead atoms. The fourth-order valence-corrected chi connectivity index (χ4v) is 3.41. The smallest absolute Gasteiger partial charge is 0.271 e. The van der Waals surface area contributed by atoms with E-state index in [0.717, 1.165) is 11.3 Å². The van der Waals surface area contributed by atoms with Crippen LogP contribution in [0.3, 0.4) is 0 Å². The van der Waals surface area contributed by atoms with Crippen molar-refractivity contribution in [3.05, 3.63) is 69.9 Å². The molecule has 1 N–H and O–H groups in total. The number of hydrogen-bond acceptors (Lipinski definition) is 5. The maximum atomic E-state index is 12.2. The number of anilines is 1. The number of aromatic nitrogens is 2. The minimum atomic E-state index is -0.543. The van der Waals surface area contributed by atoms with Gasteiger partial charge in [-0.1, -0.05) is 53.7 Å². The molecule has 0 aliphatic carbocycles. The number of halogens is 1.